The standard InChI is InChI=1S/C18H19ClO3/c1-12(2)22-17-6-4-3-5-14(17)11-16(18(20)21)13-7-9-15(19)10-8-13/h3-10,12,16H,11H2,1-2H3,(H,20,21). The normalized spacial score (nSPS) is 12.2. The van der Waals surface area contributed by atoms with Crippen LogP contribution in [0.1, 0.15) is 30.9 Å². The molecular formula is C18H19ClO3. The SMILES string of the molecule is CC(C)Oc1ccccc1CC(C(=O)O)c1ccc(Cl)cc1. The topological polar surface area (TPSA) is 46.5 Å². The highest BCUT2D eigenvalue weighted by Crippen LogP contribution is 2.28. The van der Waals surface area contributed by atoms with E-state index in [4.69, 9.17) is 16.3 Å². The van der Waals surface area contributed by atoms with Crippen molar-refractivity contribution in [2.24, 2.45) is 0 Å². The van der Waals surface area contributed by atoms with E-state index in [2.05, 4.69) is 0 Å². The fraction of sp³-hybridized carbons (Fsp3) is 0.278. The van der Waals surface area contributed by atoms with Crippen LogP contribution in [0.4, 0.5) is 0 Å². The first-order valence-corrected chi connectivity index (χ1v) is 7.58. The van der Waals surface area contributed by atoms with Gasteiger partial charge in [-0.2, -0.15) is 0 Å². The van der Waals surface area contributed by atoms with E-state index in [1.54, 1.807) is 24.3 Å². The molecule has 2 aromatic carbocycles. The molecule has 2 rings (SSSR count). The van der Waals surface area contributed by atoms with Crippen molar-refractivity contribution in [2.75, 3.05) is 0 Å². The molecule has 0 bridgehead atoms. The number of carboxylic acid groups (broad SMARTS) is 1. The fourth-order valence-electron chi connectivity index (χ4n) is 2.30. The first-order valence-electron chi connectivity index (χ1n) is 7.20. The average molecular weight is 319 g/mol. The maximum absolute atomic E-state index is 11.6. The molecule has 0 radical (unpaired) electrons. The van der Waals surface area contributed by atoms with Gasteiger partial charge in [0, 0.05) is 5.02 Å². The molecular weight excluding hydrogens is 300 g/mol. The van der Waals surface area contributed by atoms with Crippen molar-refractivity contribution < 1.29 is 14.6 Å². The molecule has 0 saturated carbocycles. The summed E-state index contributed by atoms with van der Waals surface area (Å²) in [6.07, 6.45) is 0.416. The molecule has 0 fully saturated rings. The Balaban J connectivity index is 2.29. The second-order valence-corrected chi connectivity index (χ2v) is 5.86. The summed E-state index contributed by atoms with van der Waals surface area (Å²) in [6.45, 7) is 3.90. The third-order valence-corrected chi connectivity index (χ3v) is 3.58. The maximum Gasteiger partial charge on any atom is 0.311 e. The molecule has 1 N–H and O–H groups in total. The van der Waals surface area contributed by atoms with Gasteiger partial charge in [-0.05, 0) is 49.6 Å². The van der Waals surface area contributed by atoms with E-state index < -0.39 is 11.9 Å². The lowest BCUT2D eigenvalue weighted by atomic mass is 9.91. The first-order chi connectivity index (χ1) is 10.5. The molecule has 0 aromatic heterocycles. The Labute approximate surface area is 135 Å². The van der Waals surface area contributed by atoms with Crippen molar-refractivity contribution >= 4 is 17.6 Å². The van der Waals surface area contributed by atoms with E-state index in [0.29, 0.717) is 11.4 Å². The third-order valence-electron chi connectivity index (χ3n) is 3.33. The van der Waals surface area contributed by atoms with Crippen LogP contribution in [0.25, 0.3) is 0 Å². The molecule has 0 aliphatic heterocycles. The Morgan fingerprint density at radius 2 is 1.77 bits per heavy atom. The highest BCUT2D eigenvalue weighted by Gasteiger charge is 2.22. The lowest BCUT2D eigenvalue weighted by Crippen LogP contribution is -2.16. The minimum absolute atomic E-state index is 0.0416. The summed E-state index contributed by atoms with van der Waals surface area (Å²) in [5, 5.41) is 10.2. The van der Waals surface area contributed by atoms with Gasteiger partial charge in [-0.1, -0.05) is 41.9 Å². The number of halogens is 1. The minimum atomic E-state index is -0.860. The van der Waals surface area contributed by atoms with Gasteiger partial charge in [0.1, 0.15) is 5.75 Å². The number of carboxylic acids is 1. The lowest BCUT2D eigenvalue weighted by Gasteiger charge is -2.17. The van der Waals surface area contributed by atoms with Gasteiger partial charge in [0.25, 0.3) is 0 Å². The zero-order valence-electron chi connectivity index (χ0n) is 12.6. The monoisotopic (exact) mass is 318 g/mol. The number of rotatable bonds is 6. The predicted molar refractivity (Wildman–Crippen MR) is 87.7 cm³/mol. The van der Waals surface area contributed by atoms with Gasteiger partial charge in [0.2, 0.25) is 0 Å². The number of carbonyl (C=O) groups is 1. The van der Waals surface area contributed by atoms with Gasteiger partial charge in [-0.25, -0.2) is 0 Å². The Morgan fingerprint density at radius 3 is 2.36 bits per heavy atom. The van der Waals surface area contributed by atoms with Crippen LogP contribution in [0.3, 0.4) is 0 Å². The first kappa shape index (κ1) is 16.4. The van der Waals surface area contributed by atoms with Gasteiger partial charge in [-0.15, -0.1) is 0 Å². The van der Waals surface area contributed by atoms with E-state index in [0.717, 1.165) is 16.9 Å². The zero-order chi connectivity index (χ0) is 16.1. The maximum atomic E-state index is 11.6. The second kappa shape index (κ2) is 7.32. The van der Waals surface area contributed by atoms with Crippen molar-refractivity contribution in [3.8, 4) is 5.75 Å². The van der Waals surface area contributed by atoms with Crippen LogP contribution in [0, 0.1) is 0 Å². The summed E-state index contributed by atoms with van der Waals surface area (Å²) in [5.41, 5.74) is 1.62. The summed E-state index contributed by atoms with van der Waals surface area (Å²) in [6, 6.07) is 14.5. The second-order valence-electron chi connectivity index (χ2n) is 5.42. The Kier molecular flexibility index (Phi) is 5.45. The van der Waals surface area contributed by atoms with Crippen molar-refractivity contribution in [2.45, 2.75) is 32.3 Å². The lowest BCUT2D eigenvalue weighted by molar-refractivity contribution is -0.138. The number of ether oxygens (including phenoxy) is 1. The van der Waals surface area contributed by atoms with Crippen LogP contribution >= 0.6 is 11.6 Å². The molecule has 22 heavy (non-hydrogen) atoms. The third kappa shape index (κ3) is 4.25. The number of para-hydroxylation sites is 1. The van der Waals surface area contributed by atoms with E-state index in [1.807, 2.05) is 38.1 Å². The van der Waals surface area contributed by atoms with E-state index in [9.17, 15) is 9.90 Å². The molecule has 0 aliphatic rings. The Morgan fingerprint density at radius 1 is 1.14 bits per heavy atom. The number of benzene rings is 2. The molecule has 0 amide bonds. The summed E-state index contributed by atoms with van der Waals surface area (Å²) in [7, 11) is 0. The Bertz CT molecular complexity index is 635. The zero-order valence-corrected chi connectivity index (χ0v) is 13.4. The van der Waals surface area contributed by atoms with E-state index in [1.165, 1.54) is 0 Å². The molecule has 116 valence electrons. The molecule has 0 spiro atoms. The molecule has 0 saturated heterocycles. The fourth-order valence-corrected chi connectivity index (χ4v) is 2.43. The number of hydrogen-bond acceptors (Lipinski definition) is 2. The van der Waals surface area contributed by atoms with Gasteiger partial charge in [0.15, 0.2) is 0 Å². The van der Waals surface area contributed by atoms with Crippen molar-refractivity contribution in [3.63, 3.8) is 0 Å². The van der Waals surface area contributed by atoms with Crippen LogP contribution in [0.5, 0.6) is 5.75 Å². The van der Waals surface area contributed by atoms with Gasteiger partial charge in [0.05, 0.1) is 12.0 Å². The molecule has 4 heteroatoms. The predicted octanol–water partition coefficient (Wildman–Crippen LogP) is 4.54. The van der Waals surface area contributed by atoms with Gasteiger partial charge >= 0.3 is 5.97 Å². The van der Waals surface area contributed by atoms with Crippen LogP contribution < -0.4 is 4.74 Å². The highest BCUT2D eigenvalue weighted by molar-refractivity contribution is 6.30. The van der Waals surface area contributed by atoms with Gasteiger partial charge < -0.3 is 9.84 Å². The highest BCUT2D eigenvalue weighted by atomic mass is 35.5. The summed E-state index contributed by atoms with van der Waals surface area (Å²) in [4.78, 5) is 11.6. The van der Waals surface area contributed by atoms with E-state index >= 15 is 0 Å². The van der Waals surface area contributed by atoms with Crippen LogP contribution in [0.2, 0.25) is 5.02 Å². The molecule has 0 heterocycles. The summed E-state index contributed by atoms with van der Waals surface area (Å²) >= 11 is 5.87. The molecule has 2 aromatic rings. The molecule has 1 atom stereocenters. The molecule has 3 nitrogen and oxygen atoms in total. The summed E-state index contributed by atoms with van der Waals surface area (Å²) in [5.74, 6) is -0.756. The van der Waals surface area contributed by atoms with Crippen LogP contribution in [-0.2, 0) is 11.2 Å². The van der Waals surface area contributed by atoms with Crippen LogP contribution in [0.15, 0.2) is 48.5 Å². The largest absolute Gasteiger partial charge is 0.491 e. The quantitative estimate of drug-likeness (QED) is 0.850. The Hall–Kier alpha value is -2.00. The van der Waals surface area contributed by atoms with Crippen molar-refractivity contribution in [3.05, 3.63) is 64.7 Å². The molecule has 0 aliphatic carbocycles. The minimum Gasteiger partial charge on any atom is -0.491 e. The summed E-state index contributed by atoms with van der Waals surface area (Å²) < 4.78 is 5.77. The number of aliphatic carboxylic acids is 1. The average Bonchev–Trinajstić information content (AvgIpc) is 2.46. The number of hydrogen-bond donors (Lipinski definition) is 1. The van der Waals surface area contributed by atoms with Crippen molar-refractivity contribution in [1.29, 1.82) is 0 Å². The van der Waals surface area contributed by atoms with Gasteiger partial charge in [-0.3, -0.25) is 4.79 Å². The molecule has 1 unspecified atom stereocenters. The van der Waals surface area contributed by atoms with E-state index in [-0.39, 0.29) is 6.10 Å². The smallest absolute Gasteiger partial charge is 0.311 e. The van der Waals surface area contributed by atoms with Crippen molar-refractivity contribution in [1.82, 2.24) is 0 Å². The van der Waals surface area contributed by atoms with Crippen LogP contribution in [-0.4, -0.2) is 17.2 Å².